The van der Waals surface area contributed by atoms with Crippen LogP contribution in [0.25, 0.3) is 11.9 Å². The average Bonchev–Trinajstić information content (AvgIpc) is 2.96. The van der Waals surface area contributed by atoms with Gasteiger partial charge in [0.1, 0.15) is 17.9 Å². The number of aryl methyl sites for hydroxylation is 1. The van der Waals surface area contributed by atoms with Gasteiger partial charge in [-0.1, -0.05) is 12.2 Å². The van der Waals surface area contributed by atoms with Crippen molar-refractivity contribution in [2.24, 2.45) is 0 Å². The van der Waals surface area contributed by atoms with E-state index in [0.717, 1.165) is 34.9 Å². The topological polar surface area (TPSA) is 52.8 Å². The highest BCUT2D eigenvalue weighted by Crippen LogP contribution is 2.31. The lowest BCUT2D eigenvalue weighted by molar-refractivity contribution is 0.411. The fourth-order valence-corrected chi connectivity index (χ4v) is 2.02. The van der Waals surface area contributed by atoms with Crippen molar-refractivity contribution in [2.45, 2.75) is 13.3 Å². The quantitative estimate of drug-likeness (QED) is 0.782. The predicted octanol–water partition coefficient (Wildman–Crippen LogP) is 1.55. The molecule has 0 unspecified atom stereocenters. The van der Waals surface area contributed by atoms with E-state index in [1.165, 1.54) is 0 Å². The Morgan fingerprint density at radius 3 is 2.94 bits per heavy atom. The van der Waals surface area contributed by atoms with E-state index >= 15 is 0 Å². The molecule has 86 valence electrons. The van der Waals surface area contributed by atoms with Crippen LogP contribution in [0.15, 0.2) is 18.6 Å². The molecule has 5 nitrogen and oxygen atoms in total. The molecule has 0 atom stereocenters. The maximum Gasteiger partial charge on any atom is 0.159 e. The number of hydrogen-bond donors (Lipinski definition) is 0. The molecule has 0 saturated carbocycles. The second kappa shape index (κ2) is 3.69. The third-order valence-corrected chi connectivity index (χ3v) is 2.81. The molecule has 0 fully saturated rings. The van der Waals surface area contributed by atoms with Gasteiger partial charge in [0.25, 0.3) is 0 Å². The van der Waals surface area contributed by atoms with Crippen LogP contribution in [0.5, 0.6) is 5.75 Å². The summed E-state index contributed by atoms with van der Waals surface area (Å²) in [6, 6.07) is 0. The van der Waals surface area contributed by atoms with Crippen LogP contribution in [0.2, 0.25) is 0 Å². The Morgan fingerprint density at radius 2 is 2.24 bits per heavy atom. The van der Waals surface area contributed by atoms with Gasteiger partial charge in [0.15, 0.2) is 5.82 Å². The lowest BCUT2D eigenvalue weighted by Gasteiger charge is -2.10. The fraction of sp³-hybridized carbons (Fsp3) is 0.250. The molecule has 2 aromatic rings. The Hall–Kier alpha value is -2.17. The number of aromatic nitrogens is 4. The van der Waals surface area contributed by atoms with E-state index in [-0.39, 0.29) is 0 Å². The number of nitrogens with zero attached hydrogens (tertiary/aromatic N) is 4. The summed E-state index contributed by atoms with van der Waals surface area (Å²) in [5.74, 6) is 2.36. The molecule has 0 saturated heterocycles. The normalized spacial score (nSPS) is 12.8. The van der Waals surface area contributed by atoms with Gasteiger partial charge in [-0.2, -0.15) is 5.10 Å². The summed E-state index contributed by atoms with van der Waals surface area (Å²) in [6.07, 6.45) is 8.42. The first-order chi connectivity index (χ1) is 8.29. The van der Waals surface area contributed by atoms with E-state index in [4.69, 9.17) is 4.74 Å². The van der Waals surface area contributed by atoms with Crippen LogP contribution in [0.1, 0.15) is 17.0 Å². The van der Waals surface area contributed by atoms with Gasteiger partial charge >= 0.3 is 0 Å². The number of pyridine rings is 1. The lowest BCUT2D eigenvalue weighted by Crippen LogP contribution is -2.05. The zero-order valence-electron chi connectivity index (χ0n) is 9.71. The smallest absolute Gasteiger partial charge is 0.159 e. The summed E-state index contributed by atoms with van der Waals surface area (Å²) in [7, 11) is 1.66. The molecule has 5 heteroatoms. The van der Waals surface area contributed by atoms with Crippen molar-refractivity contribution < 1.29 is 4.74 Å². The maximum atomic E-state index is 5.29. The SMILES string of the molecule is COc1cnc(-n2cnc(C)n2)c2c1C=CC2. The van der Waals surface area contributed by atoms with Crippen molar-refractivity contribution in [2.75, 3.05) is 7.11 Å². The van der Waals surface area contributed by atoms with E-state index < -0.39 is 0 Å². The zero-order valence-corrected chi connectivity index (χ0v) is 9.71. The first kappa shape index (κ1) is 10.0. The molecule has 1 aliphatic carbocycles. The van der Waals surface area contributed by atoms with Crippen molar-refractivity contribution in [1.82, 2.24) is 19.7 Å². The Balaban J connectivity index is 2.18. The highest BCUT2D eigenvalue weighted by molar-refractivity contribution is 5.68. The molecule has 0 N–H and O–H groups in total. The summed E-state index contributed by atoms with van der Waals surface area (Å²) in [6.45, 7) is 1.86. The van der Waals surface area contributed by atoms with Crippen molar-refractivity contribution in [1.29, 1.82) is 0 Å². The molecule has 17 heavy (non-hydrogen) atoms. The molecular weight excluding hydrogens is 216 g/mol. The number of ether oxygens (including phenoxy) is 1. The monoisotopic (exact) mass is 228 g/mol. The average molecular weight is 228 g/mol. The minimum absolute atomic E-state index is 0.738. The van der Waals surface area contributed by atoms with Crippen LogP contribution in [0.3, 0.4) is 0 Å². The molecule has 0 aliphatic heterocycles. The Kier molecular flexibility index (Phi) is 2.18. The van der Waals surface area contributed by atoms with Crippen LogP contribution in [-0.2, 0) is 6.42 Å². The van der Waals surface area contributed by atoms with Crippen LogP contribution < -0.4 is 4.74 Å². The highest BCUT2D eigenvalue weighted by Gasteiger charge is 2.18. The zero-order chi connectivity index (χ0) is 11.8. The highest BCUT2D eigenvalue weighted by atomic mass is 16.5. The van der Waals surface area contributed by atoms with E-state index in [2.05, 4.69) is 27.2 Å². The third kappa shape index (κ3) is 1.51. The van der Waals surface area contributed by atoms with E-state index in [9.17, 15) is 0 Å². The molecule has 0 bridgehead atoms. The van der Waals surface area contributed by atoms with Gasteiger partial charge in [0.05, 0.1) is 13.3 Å². The maximum absolute atomic E-state index is 5.29. The number of allylic oxidation sites excluding steroid dienone is 1. The van der Waals surface area contributed by atoms with Gasteiger partial charge < -0.3 is 4.74 Å². The summed E-state index contributed by atoms with van der Waals surface area (Å²) in [5, 5.41) is 4.29. The van der Waals surface area contributed by atoms with Gasteiger partial charge in [0, 0.05) is 11.1 Å². The van der Waals surface area contributed by atoms with Crippen molar-refractivity contribution in [3.8, 4) is 11.6 Å². The predicted molar refractivity (Wildman–Crippen MR) is 63.2 cm³/mol. The summed E-state index contributed by atoms with van der Waals surface area (Å²) >= 11 is 0. The Bertz CT molecular complexity index is 601. The van der Waals surface area contributed by atoms with E-state index in [1.807, 2.05) is 6.92 Å². The fourth-order valence-electron chi connectivity index (χ4n) is 2.02. The molecule has 3 rings (SSSR count). The molecule has 0 radical (unpaired) electrons. The standard InChI is InChI=1S/C12H12N4O/c1-8-14-7-16(15-8)12-10-5-3-4-9(10)11(17-2)6-13-12/h3-4,6-7H,5H2,1-2H3. The summed E-state index contributed by atoms with van der Waals surface area (Å²) < 4.78 is 7.00. The van der Waals surface area contributed by atoms with Gasteiger partial charge in [0.2, 0.25) is 0 Å². The number of hydrogen-bond acceptors (Lipinski definition) is 4. The minimum Gasteiger partial charge on any atom is -0.494 e. The number of rotatable bonds is 2. The Morgan fingerprint density at radius 1 is 1.35 bits per heavy atom. The summed E-state index contributed by atoms with van der Waals surface area (Å²) in [5.41, 5.74) is 2.22. The second-order valence-corrected chi connectivity index (χ2v) is 3.89. The van der Waals surface area contributed by atoms with E-state index in [0.29, 0.717) is 0 Å². The van der Waals surface area contributed by atoms with Crippen molar-refractivity contribution in [3.63, 3.8) is 0 Å². The first-order valence-corrected chi connectivity index (χ1v) is 5.40. The van der Waals surface area contributed by atoms with Crippen molar-refractivity contribution >= 4 is 6.08 Å². The van der Waals surface area contributed by atoms with Crippen LogP contribution in [0, 0.1) is 6.92 Å². The van der Waals surface area contributed by atoms with Crippen LogP contribution in [-0.4, -0.2) is 26.9 Å². The molecular formula is C12H12N4O. The molecule has 1 aliphatic rings. The molecule has 2 aromatic heterocycles. The van der Waals surface area contributed by atoms with Gasteiger partial charge in [-0.05, 0) is 13.3 Å². The molecule has 0 spiro atoms. The van der Waals surface area contributed by atoms with Crippen LogP contribution >= 0.6 is 0 Å². The van der Waals surface area contributed by atoms with E-state index in [1.54, 1.807) is 24.3 Å². The Labute approximate surface area is 98.8 Å². The van der Waals surface area contributed by atoms with Gasteiger partial charge in [-0.3, -0.25) is 0 Å². The molecule has 2 heterocycles. The first-order valence-electron chi connectivity index (χ1n) is 5.40. The minimum atomic E-state index is 0.738. The number of fused-ring (bicyclic) bond motifs is 1. The largest absolute Gasteiger partial charge is 0.494 e. The van der Waals surface area contributed by atoms with Gasteiger partial charge in [-0.15, -0.1) is 0 Å². The lowest BCUT2D eigenvalue weighted by atomic mass is 10.1. The second-order valence-electron chi connectivity index (χ2n) is 3.89. The van der Waals surface area contributed by atoms with Gasteiger partial charge in [-0.25, -0.2) is 14.6 Å². The summed E-state index contributed by atoms with van der Waals surface area (Å²) in [4.78, 5) is 8.52. The van der Waals surface area contributed by atoms with Crippen molar-refractivity contribution in [3.05, 3.63) is 35.6 Å². The number of methoxy groups -OCH3 is 1. The van der Waals surface area contributed by atoms with Crippen LogP contribution in [0.4, 0.5) is 0 Å². The molecule has 0 amide bonds. The molecule has 0 aromatic carbocycles. The third-order valence-electron chi connectivity index (χ3n) is 2.81.